The predicted molar refractivity (Wildman–Crippen MR) is 157 cm³/mol. The summed E-state index contributed by atoms with van der Waals surface area (Å²) in [7, 11) is 1.91. The number of hydrogen-bond acceptors (Lipinski definition) is 7. The molecule has 0 spiro atoms. The molecule has 43 heavy (non-hydrogen) atoms. The van der Waals surface area contributed by atoms with E-state index in [4.69, 9.17) is 11.6 Å². The Morgan fingerprint density at radius 2 is 2.05 bits per heavy atom. The first-order valence-electron chi connectivity index (χ1n) is 14.0. The lowest BCUT2D eigenvalue weighted by Crippen LogP contribution is -2.50. The Kier molecular flexibility index (Phi) is 8.09. The molecular weight excluding hydrogens is 605 g/mol. The van der Waals surface area contributed by atoms with E-state index in [-0.39, 0.29) is 44.1 Å². The van der Waals surface area contributed by atoms with Crippen LogP contribution in [0.1, 0.15) is 48.9 Å². The molecule has 6 rings (SSSR count). The fourth-order valence-electron chi connectivity index (χ4n) is 6.16. The molecular formula is C29H30ClF3N6O3S. The van der Waals surface area contributed by atoms with Gasteiger partial charge < -0.3 is 15.3 Å². The molecule has 2 N–H and O–H groups in total. The number of fused-ring (bicyclic) bond motifs is 2. The minimum Gasteiger partial charge on any atom is -0.388 e. The summed E-state index contributed by atoms with van der Waals surface area (Å²) in [5.74, 6) is -1.45. The first kappa shape index (κ1) is 29.8. The minimum atomic E-state index is -2.92. The van der Waals surface area contributed by atoms with Gasteiger partial charge in [-0.05, 0) is 43.9 Å². The summed E-state index contributed by atoms with van der Waals surface area (Å²) in [6.07, 6.45) is 1.24. The van der Waals surface area contributed by atoms with E-state index in [0.717, 1.165) is 45.8 Å². The second-order valence-corrected chi connectivity index (χ2v) is 12.5. The van der Waals surface area contributed by atoms with Gasteiger partial charge in [0.2, 0.25) is 11.9 Å². The molecule has 1 aliphatic carbocycles. The number of thiophene rings is 1. The first-order chi connectivity index (χ1) is 20.6. The lowest BCUT2D eigenvalue weighted by Gasteiger charge is -2.38. The number of likely N-dealkylation sites (tertiary alicyclic amines) is 1. The van der Waals surface area contributed by atoms with Crippen molar-refractivity contribution < 1.29 is 23.1 Å². The molecule has 2 aliphatic rings. The number of alkyl halides is 2. The maximum atomic E-state index is 13.6. The zero-order valence-corrected chi connectivity index (χ0v) is 24.8. The van der Waals surface area contributed by atoms with Crippen molar-refractivity contribution in [2.24, 2.45) is 0 Å². The average molecular weight is 635 g/mol. The zero-order valence-electron chi connectivity index (χ0n) is 23.3. The number of nitrogens with zero attached hydrogens (tertiary/aromatic N) is 5. The Morgan fingerprint density at radius 1 is 1.28 bits per heavy atom. The molecule has 4 heterocycles. The number of hydrogen-bond donors (Lipinski definition) is 2. The van der Waals surface area contributed by atoms with Crippen molar-refractivity contribution >= 4 is 39.7 Å². The summed E-state index contributed by atoms with van der Waals surface area (Å²) < 4.78 is 42.6. The van der Waals surface area contributed by atoms with Crippen LogP contribution in [-0.2, 0) is 17.8 Å². The third kappa shape index (κ3) is 5.59. The molecule has 1 amide bonds. The van der Waals surface area contributed by atoms with E-state index in [9.17, 15) is 27.9 Å². The molecule has 228 valence electrons. The van der Waals surface area contributed by atoms with Gasteiger partial charge in [-0.1, -0.05) is 23.7 Å². The van der Waals surface area contributed by atoms with E-state index in [2.05, 4.69) is 21.5 Å². The maximum Gasteiger partial charge on any atom is 0.262 e. The van der Waals surface area contributed by atoms with Gasteiger partial charge in [0.1, 0.15) is 6.04 Å². The number of carbonyl (C=O) groups is 1. The maximum absolute atomic E-state index is 13.6. The number of carbonyl (C=O) groups excluding carboxylic acids is 1. The van der Waals surface area contributed by atoms with Crippen LogP contribution >= 0.6 is 22.9 Å². The SMILES string of the molecule is CNC1CCc2ccc(-c3scc4c(=O)n(CC5(O)CCN(C(=O)CC(C(F)F)n6ccc(F)n6)CC5)cnc34)c(Cl)c21. The molecule has 0 bridgehead atoms. The lowest BCUT2D eigenvalue weighted by molar-refractivity contribution is -0.138. The van der Waals surface area contributed by atoms with Crippen LogP contribution in [0.2, 0.25) is 5.02 Å². The van der Waals surface area contributed by atoms with Crippen LogP contribution in [-0.4, -0.2) is 67.4 Å². The van der Waals surface area contributed by atoms with Crippen molar-refractivity contribution in [1.29, 1.82) is 0 Å². The van der Waals surface area contributed by atoms with Crippen LogP contribution in [0.4, 0.5) is 13.2 Å². The monoisotopic (exact) mass is 634 g/mol. The van der Waals surface area contributed by atoms with E-state index in [1.807, 2.05) is 13.1 Å². The highest BCUT2D eigenvalue weighted by atomic mass is 35.5. The molecule has 1 aliphatic heterocycles. The molecule has 14 heteroatoms. The second-order valence-electron chi connectivity index (χ2n) is 11.2. The largest absolute Gasteiger partial charge is 0.388 e. The van der Waals surface area contributed by atoms with E-state index in [1.165, 1.54) is 32.7 Å². The Hall–Kier alpha value is -3.26. The van der Waals surface area contributed by atoms with Crippen molar-refractivity contribution in [2.45, 2.75) is 62.8 Å². The highest BCUT2D eigenvalue weighted by Crippen LogP contribution is 2.44. The third-order valence-electron chi connectivity index (χ3n) is 8.60. The molecule has 1 saturated heterocycles. The van der Waals surface area contributed by atoms with Gasteiger partial charge >= 0.3 is 0 Å². The summed E-state index contributed by atoms with van der Waals surface area (Å²) >= 11 is 8.28. The number of nitrogens with one attached hydrogen (secondary N) is 1. The number of rotatable bonds is 8. The summed E-state index contributed by atoms with van der Waals surface area (Å²) in [5, 5.41) is 20.9. The van der Waals surface area contributed by atoms with E-state index in [1.54, 1.807) is 5.38 Å². The van der Waals surface area contributed by atoms with Crippen molar-refractivity contribution in [3.05, 3.63) is 68.6 Å². The smallest absolute Gasteiger partial charge is 0.262 e. The molecule has 9 nitrogen and oxygen atoms in total. The topological polar surface area (TPSA) is 105 Å². The molecule has 4 aromatic rings. The molecule has 1 fully saturated rings. The fraction of sp³-hybridized carbons (Fsp3) is 0.448. The molecule has 3 aromatic heterocycles. The Labute approximate surface area is 253 Å². The van der Waals surface area contributed by atoms with Gasteiger partial charge in [-0.15, -0.1) is 16.4 Å². The van der Waals surface area contributed by atoms with Crippen LogP contribution in [0.5, 0.6) is 0 Å². The third-order valence-corrected chi connectivity index (χ3v) is 10.0. The van der Waals surface area contributed by atoms with Crippen LogP contribution in [0.25, 0.3) is 21.3 Å². The fourth-order valence-corrected chi connectivity index (χ4v) is 7.65. The molecule has 2 atom stereocenters. The highest BCUT2D eigenvalue weighted by molar-refractivity contribution is 7.15. The van der Waals surface area contributed by atoms with Crippen molar-refractivity contribution in [3.8, 4) is 10.4 Å². The standard InChI is InChI=1S/C29H30ClF3N6O3S/c1-34-19-5-3-16-2-4-17(24(30)23(16)19)26-25-18(13-43-26)28(41)38(15-35-25)14-29(42)7-10-37(11-8-29)22(40)12-20(27(32)33)39-9-6-21(31)36-39/h2,4,6,9,13,15,19-20,27,34,42H,3,5,7-8,10-12,14H2,1H3. The van der Waals surface area contributed by atoms with Crippen molar-refractivity contribution in [1.82, 2.24) is 29.5 Å². The van der Waals surface area contributed by atoms with E-state index in [0.29, 0.717) is 15.9 Å². The summed E-state index contributed by atoms with van der Waals surface area (Å²) in [4.78, 5) is 33.1. The predicted octanol–water partition coefficient (Wildman–Crippen LogP) is 4.57. The summed E-state index contributed by atoms with van der Waals surface area (Å²) in [6.45, 7) is 0.212. The van der Waals surface area contributed by atoms with Gasteiger partial charge in [0.15, 0.2) is 0 Å². The van der Waals surface area contributed by atoms with Crippen LogP contribution in [0.3, 0.4) is 0 Å². The van der Waals surface area contributed by atoms with Crippen LogP contribution in [0.15, 0.2) is 40.9 Å². The number of benzene rings is 1. The van der Waals surface area contributed by atoms with Crippen molar-refractivity contribution in [3.63, 3.8) is 0 Å². The van der Waals surface area contributed by atoms with Crippen LogP contribution in [0, 0.1) is 5.95 Å². The van der Waals surface area contributed by atoms with Gasteiger partial charge in [-0.2, -0.15) is 4.39 Å². The summed E-state index contributed by atoms with van der Waals surface area (Å²) in [5.41, 5.74) is 2.08. The first-order valence-corrected chi connectivity index (χ1v) is 15.3. The molecule has 0 radical (unpaired) electrons. The number of aryl methyl sites for hydroxylation is 1. The highest BCUT2D eigenvalue weighted by Gasteiger charge is 2.37. The second kappa shape index (κ2) is 11.7. The number of amides is 1. The van der Waals surface area contributed by atoms with Gasteiger partial charge in [-0.25, -0.2) is 13.8 Å². The van der Waals surface area contributed by atoms with Crippen LogP contribution < -0.4 is 10.9 Å². The average Bonchev–Trinajstić information content (AvgIpc) is 3.72. The number of halogens is 4. The lowest BCUT2D eigenvalue weighted by atomic mass is 9.91. The Balaban J connectivity index is 1.16. The van der Waals surface area contributed by atoms with Gasteiger partial charge in [0.05, 0.1) is 45.7 Å². The van der Waals surface area contributed by atoms with Gasteiger partial charge in [0.25, 0.3) is 12.0 Å². The number of piperidine rings is 1. The molecule has 1 aromatic carbocycles. The molecule has 0 saturated carbocycles. The molecule has 2 unspecified atom stereocenters. The zero-order chi connectivity index (χ0) is 30.5. The van der Waals surface area contributed by atoms with Gasteiger partial charge in [0, 0.05) is 42.3 Å². The van der Waals surface area contributed by atoms with Crippen molar-refractivity contribution in [2.75, 3.05) is 20.1 Å². The normalized spacial score (nSPS) is 18.9. The van der Waals surface area contributed by atoms with Gasteiger partial charge in [-0.3, -0.25) is 18.8 Å². The number of aliphatic hydroxyl groups is 1. The minimum absolute atomic E-state index is 0.0301. The van der Waals surface area contributed by atoms with E-state index < -0.39 is 36.3 Å². The number of aromatic nitrogens is 4. The Bertz CT molecular complexity index is 1730. The quantitative estimate of drug-likeness (QED) is 0.294. The summed E-state index contributed by atoms with van der Waals surface area (Å²) in [6, 6.07) is 3.59. The van der Waals surface area contributed by atoms with E-state index >= 15 is 0 Å². The Morgan fingerprint density at radius 3 is 2.72 bits per heavy atom.